The molecule has 0 aromatic carbocycles. The molecular formula is C12H16ClN3O. The Morgan fingerprint density at radius 1 is 1.53 bits per heavy atom. The molecule has 0 spiro atoms. The average molecular weight is 254 g/mol. The number of anilines is 1. The van der Waals surface area contributed by atoms with Crippen LogP contribution in [0.1, 0.15) is 25.7 Å². The molecule has 2 rings (SSSR count). The van der Waals surface area contributed by atoms with Gasteiger partial charge in [-0.05, 0) is 36.9 Å². The van der Waals surface area contributed by atoms with Crippen LogP contribution in [0, 0.1) is 5.41 Å². The number of amides is 1. The van der Waals surface area contributed by atoms with Gasteiger partial charge in [-0.1, -0.05) is 24.1 Å². The molecule has 0 bridgehead atoms. The maximum atomic E-state index is 11.8. The first-order valence-electron chi connectivity index (χ1n) is 5.76. The number of nitrogens with zero attached hydrogens (tertiary/aromatic N) is 1. The van der Waals surface area contributed by atoms with Gasteiger partial charge in [0.15, 0.2) is 0 Å². The molecule has 0 unspecified atom stereocenters. The molecule has 1 heterocycles. The molecule has 1 fully saturated rings. The lowest BCUT2D eigenvalue weighted by Gasteiger charge is -2.40. The van der Waals surface area contributed by atoms with E-state index in [2.05, 4.69) is 10.3 Å². The van der Waals surface area contributed by atoms with Crippen molar-refractivity contribution in [3.8, 4) is 0 Å². The molecule has 0 atom stereocenters. The number of nitrogens with two attached hydrogens (primary N) is 1. The van der Waals surface area contributed by atoms with E-state index in [0.717, 1.165) is 12.8 Å². The Kier molecular flexibility index (Phi) is 3.64. The molecule has 0 aliphatic heterocycles. The van der Waals surface area contributed by atoms with Crippen molar-refractivity contribution < 1.29 is 4.79 Å². The highest BCUT2D eigenvalue weighted by Gasteiger charge is 2.37. The van der Waals surface area contributed by atoms with Gasteiger partial charge in [-0.25, -0.2) is 4.98 Å². The van der Waals surface area contributed by atoms with E-state index in [1.54, 1.807) is 18.2 Å². The summed E-state index contributed by atoms with van der Waals surface area (Å²) in [5, 5.41) is 3.13. The van der Waals surface area contributed by atoms with Crippen molar-refractivity contribution >= 4 is 23.3 Å². The van der Waals surface area contributed by atoms with Gasteiger partial charge in [0.2, 0.25) is 5.91 Å². The van der Waals surface area contributed by atoms with Crippen LogP contribution in [0.15, 0.2) is 18.2 Å². The van der Waals surface area contributed by atoms with Crippen molar-refractivity contribution in [3.05, 3.63) is 23.4 Å². The minimum Gasteiger partial charge on any atom is -0.330 e. The van der Waals surface area contributed by atoms with Gasteiger partial charge in [0, 0.05) is 6.42 Å². The highest BCUT2D eigenvalue weighted by molar-refractivity contribution is 6.29. The van der Waals surface area contributed by atoms with Crippen molar-refractivity contribution in [2.45, 2.75) is 25.7 Å². The van der Waals surface area contributed by atoms with Crippen molar-refractivity contribution in [1.82, 2.24) is 4.98 Å². The maximum Gasteiger partial charge on any atom is 0.226 e. The fourth-order valence-corrected chi connectivity index (χ4v) is 2.30. The molecule has 1 amide bonds. The normalized spacial score (nSPS) is 17.3. The lowest BCUT2D eigenvalue weighted by molar-refractivity contribution is -0.119. The number of aromatic nitrogens is 1. The molecular weight excluding hydrogens is 238 g/mol. The molecule has 92 valence electrons. The first kappa shape index (κ1) is 12.3. The van der Waals surface area contributed by atoms with Crippen LogP contribution >= 0.6 is 11.6 Å². The van der Waals surface area contributed by atoms with Gasteiger partial charge in [-0.2, -0.15) is 0 Å². The molecule has 5 heteroatoms. The second-order valence-electron chi connectivity index (χ2n) is 4.63. The van der Waals surface area contributed by atoms with Crippen molar-refractivity contribution in [2.24, 2.45) is 11.1 Å². The molecule has 1 aromatic rings. The molecule has 4 nitrogen and oxygen atoms in total. The van der Waals surface area contributed by atoms with Gasteiger partial charge in [0.1, 0.15) is 11.0 Å². The van der Waals surface area contributed by atoms with Crippen LogP contribution in [0.3, 0.4) is 0 Å². The fraction of sp³-hybridized carbons (Fsp3) is 0.500. The van der Waals surface area contributed by atoms with Crippen LogP contribution in [0.5, 0.6) is 0 Å². The van der Waals surface area contributed by atoms with E-state index in [-0.39, 0.29) is 11.3 Å². The van der Waals surface area contributed by atoms with Crippen molar-refractivity contribution in [1.29, 1.82) is 0 Å². The van der Waals surface area contributed by atoms with E-state index in [0.29, 0.717) is 23.9 Å². The van der Waals surface area contributed by atoms with E-state index < -0.39 is 0 Å². The lowest BCUT2D eigenvalue weighted by Crippen LogP contribution is -2.40. The van der Waals surface area contributed by atoms with Crippen LogP contribution in [-0.4, -0.2) is 17.4 Å². The summed E-state index contributed by atoms with van der Waals surface area (Å²) in [5.41, 5.74) is 5.73. The van der Waals surface area contributed by atoms with Gasteiger partial charge < -0.3 is 11.1 Å². The standard InChI is InChI=1S/C12H16ClN3O/c13-9-3-1-4-10(15-9)16-11(17)7-12(8-14)5-2-6-12/h1,3-4H,2,5-8,14H2,(H,15,16,17). The number of halogens is 1. The van der Waals surface area contributed by atoms with Crippen LogP contribution in [-0.2, 0) is 4.79 Å². The third kappa shape index (κ3) is 2.96. The smallest absolute Gasteiger partial charge is 0.226 e. The fourth-order valence-electron chi connectivity index (χ4n) is 2.14. The number of carbonyl (C=O) groups is 1. The molecule has 0 saturated heterocycles. The first-order chi connectivity index (χ1) is 8.13. The Balaban J connectivity index is 1.93. The number of rotatable bonds is 4. The monoisotopic (exact) mass is 253 g/mol. The molecule has 1 aliphatic rings. The third-order valence-corrected chi connectivity index (χ3v) is 3.58. The largest absolute Gasteiger partial charge is 0.330 e. The van der Waals surface area contributed by atoms with E-state index >= 15 is 0 Å². The molecule has 1 saturated carbocycles. The quantitative estimate of drug-likeness (QED) is 0.809. The maximum absolute atomic E-state index is 11.8. The summed E-state index contributed by atoms with van der Waals surface area (Å²) in [4.78, 5) is 15.9. The predicted molar refractivity (Wildman–Crippen MR) is 67.8 cm³/mol. The Labute approximate surface area is 106 Å². The van der Waals surface area contributed by atoms with Gasteiger partial charge in [-0.3, -0.25) is 4.79 Å². The molecule has 0 radical (unpaired) electrons. The highest BCUT2D eigenvalue weighted by atomic mass is 35.5. The SMILES string of the molecule is NCC1(CC(=O)Nc2cccc(Cl)n2)CCC1. The van der Waals surface area contributed by atoms with Gasteiger partial charge in [-0.15, -0.1) is 0 Å². The van der Waals surface area contributed by atoms with Gasteiger partial charge in [0.05, 0.1) is 0 Å². The highest BCUT2D eigenvalue weighted by Crippen LogP contribution is 2.42. The lowest BCUT2D eigenvalue weighted by atomic mass is 9.66. The van der Waals surface area contributed by atoms with Crippen LogP contribution in [0.4, 0.5) is 5.82 Å². The van der Waals surface area contributed by atoms with Crippen LogP contribution in [0.25, 0.3) is 0 Å². The molecule has 3 N–H and O–H groups in total. The minimum absolute atomic E-state index is 0.0165. The molecule has 1 aliphatic carbocycles. The predicted octanol–water partition coefficient (Wildman–Crippen LogP) is 2.19. The van der Waals surface area contributed by atoms with E-state index in [1.807, 2.05) is 0 Å². The van der Waals surface area contributed by atoms with Crippen LogP contribution < -0.4 is 11.1 Å². The summed E-state index contributed by atoms with van der Waals surface area (Å²) in [6, 6.07) is 5.15. The Morgan fingerprint density at radius 3 is 2.82 bits per heavy atom. The number of carbonyl (C=O) groups excluding carboxylic acids is 1. The summed E-state index contributed by atoms with van der Waals surface area (Å²) in [6.07, 6.45) is 3.72. The first-order valence-corrected chi connectivity index (χ1v) is 6.14. The Hall–Kier alpha value is -1.13. The zero-order valence-corrected chi connectivity index (χ0v) is 10.3. The number of pyridine rings is 1. The molecule has 1 aromatic heterocycles. The van der Waals surface area contributed by atoms with Crippen molar-refractivity contribution in [2.75, 3.05) is 11.9 Å². The third-order valence-electron chi connectivity index (χ3n) is 3.37. The average Bonchev–Trinajstić information content (AvgIpc) is 2.23. The summed E-state index contributed by atoms with van der Waals surface area (Å²) in [5.74, 6) is 0.457. The Morgan fingerprint density at radius 2 is 2.29 bits per heavy atom. The number of nitrogens with one attached hydrogen (secondary N) is 1. The zero-order chi connectivity index (χ0) is 12.3. The summed E-state index contributed by atoms with van der Waals surface area (Å²) in [7, 11) is 0. The number of hydrogen-bond donors (Lipinski definition) is 2. The summed E-state index contributed by atoms with van der Waals surface area (Å²) >= 11 is 5.74. The summed E-state index contributed by atoms with van der Waals surface area (Å²) < 4.78 is 0. The van der Waals surface area contributed by atoms with Gasteiger partial charge >= 0.3 is 0 Å². The second-order valence-corrected chi connectivity index (χ2v) is 5.02. The van der Waals surface area contributed by atoms with Gasteiger partial charge in [0.25, 0.3) is 0 Å². The van der Waals surface area contributed by atoms with E-state index in [9.17, 15) is 4.79 Å². The zero-order valence-electron chi connectivity index (χ0n) is 9.58. The topological polar surface area (TPSA) is 68.0 Å². The summed E-state index contributed by atoms with van der Waals surface area (Å²) in [6.45, 7) is 0.573. The van der Waals surface area contributed by atoms with E-state index in [1.165, 1.54) is 6.42 Å². The van der Waals surface area contributed by atoms with Crippen LogP contribution in [0.2, 0.25) is 5.15 Å². The number of hydrogen-bond acceptors (Lipinski definition) is 3. The van der Waals surface area contributed by atoms with E-state index in [4.69, 9.17) is 17.3 Å². The Bertz CT molecular complexity index is 412. The second kappa shape index (κ2) is 5.02. The van der Waals surface area contributed by atoms with Crippen molar-refractivity contribution in [3.63, 3.8) is 0 Å². The molecule has 17 heavy (non-hydrogen) atoms. The minimum atomic E-state index is -0.0371.